The molecule has 1 aliphatic rings. The van der Waals surface area contributed by atoms with Gasteiger partial charge in [0.2, 0.25) is 10.0 Å². The van der Waals surface area contributed by atoms with E-state index in [1.165, 1.54) is 12.1 Å². The van der Waals surface area contributed by atoms with Gasteiger partial charge in [-0.05, 0) is 31.0 Å². The van der Waals surface area contributed by atoms with Crippen molar-refractivity contribution in [3.05, 3.63) is 42.2 Å². The molecule has 0 aromatic heterocycles. The summed E-state index contributed by atoms with van der Waals surface area (Å²) in [5.74, 6) is -1.28. The molecule has 7 heteroatoms. The van der Waals surface area contributed by atoms with Crippen LogP contribution in [0, 0.1) is 5.82 Å². The summed E-state index contributed by atoms with van der Waals surface area (Å²) in [5.41, 5.74) is 0.132. The van der Waals surface area contributed by atoms with Crippen molar-refractivity contribution in [1.29, 1.82) is 0 Å². The van der Waals surface area contributed by atoms with Crippen LogP contribution in [0.2, 0.25) is 0 Å². The SMILES string of the molecule is C=CCNS(=O)(=O)c1cc(C(=O)NC2CCCC2)ccc1F. The molecule has 0 atom stereocenters. The van der Waals surface area contributed by atoms with Crippen LogP contribution >= 0.6 is 0 Å². The van der Waals surface area contributed by atoms with E-state index < -0.39 is 20.7 Å². The predicted molar refractivity (Wildman–Crippen MR) is 81.5 cm³/mol. The van der Waals surface area contributed by atoms with Crippen LogP contribution in [0.15, 0.2) is 35.7 Å². The van der Waals surface area contributed by atoms with Crippen molar-refractivity contribution in [3.8, 4) is 0 Å². The van der Waals surface area contributed by atoms with E-state index in [1.807, 2.05) is 0 Å². The fourth-order valence-corrected chi connectivity index (χ4v) is 3.54. The molecule has 0 unspecified atom stereocenters. The van der Waals surface area contributed by atoms with E-state index in [2.05, 4.69) is 16.6 Å². The van der Waals surface area contributed by atoms with Gasteiger partial charge in [-0.25, -0.2) is 17.5 Å². The maximum absolute atomic E-state index is 13.8. The van der Waals surface area contributed by atoms with Gasteiger partial charge in [0, 0.05) is 18.2 Å². The fraction of sp³-hybridized carbons (Fsp3) is 0.400. The second-order valence-corrected chi connectivity index (χ2v) is 6.98. The lowest BCUT2D eigenvalue weighted by molar-refractivity contribution is 0.0937. The van der Waals surface area contributed by atoms with Crippen LogP contribution < -0.4 is 10.0 Å². The van der Waals surface area contributed by atoms with Crippen LogP contribution in [-0.2, 0) is 10.0 Å². The molecule has 1 aliphatic carbocycles. The lowest BCUT2D eigenvalue weighted by Crippen LogP contribution is -2.33. The van der Waals surface area contributed by atoms with E-state index in [9.17, 15) is 17.6 Å². The number of rotatable bonds is 6. The normalized spacial score (nSPS) is 15.7. The Hall–Kier alpha value is -1.73. The molecule has 1 amide bonds. The van der Waals surface area contributed by atoms with E-state index >= 15 is 0 Å². The Kier molecular flexibility index (Phi) is 5.31. The summed E-state index contributed by atoms with van der Waals surface area (Å²) in [5, 5.41) is 2.84. The third-order valence-corrected chi connectivity index (χ3v) is 5.03. The molecule has 1 saturated carbocycles. The third-order valence-electron chi connectivity index (χ3n) is 3.59. The van der Waals surface area contributed by atoms with Gasteiger partial charge in [0.1, 0.15) is 10.7 Å². The summed E-state index contributed by atoms with van der Waals surface area (Å²) in [6, 6.07) is 3.44. The number of amides is 1. The Morgan fingerprint density at radius 1 is 1.36 bits per heavy atom. The number of nitrogens with one attached hydrogen (secondary N) is 2. The van der Waals surface area contributed by atoms with Gasteiger partial charge in [0.25, 0.3) is 5.91 Å². The number of hydrogen-bond acceptors (Lipinski definition) is 3. The molecule has 0 spiro atoms. The van der Waals surface area contributed by atoms with Gasteiger partial charge < -0.3 is 5.32 Å². The zero-order valence-electron chi connectivity index (χ0n) is 12.1. The molecule has 2 N–H and O–H groups in total. The van der Waals surface area contributed by atoms with Gasteiger partial charge >= 0.3 is 0 Å². The van der Waals surface area contributed by atoms with Crippen molar-refractivity contribution in [3.63, 3.8) is 0 Å². The highest BCUT2D eigenvalue weighted by atomic mass is 32.2. The van der Waals surface area contributed by atoms with Crippen molar-refractivity contribution in [2.75, 3.05) is 6.54 Å². The monoisotopic (exact) mass is 326 g/mol. The summed E-state index contributed by atoms with van der Waals surface area (Å²) < 4.78 is 40.0. The summed E-state index contributed by atoms with van der Waals surface area (Å²) in [6.45, 7) is 3.38. The molecule has 1 fully saturated rings. The van der Waals surface area contributed by atoms with Crippen molar-refractivity contribution >= 4 is 15.9 Å². The van der Waals surface area contributed by atoms with Gasteiger partial charge in [-0.3, -0.25) is 4.79 Å². The fourth-order valence-electron chi connectivity index (χ4n) is 2.44. The van der Waals surface area contributed by atoms with Gasteiger partial charge in [0.05, 0.1) is 0 Å². The topological polar surface area (TPSA) is 75.3 Å². The number of halogens is 1. The zero-order chi connectivity index (χ0) is 16.2. The molecule has 1 aromatic rings. The smallest absolute Gasteiger partial charge is 0.251 e. The van der Waals surface area contributed by atoms with E-state index in [0.717, 1.165) is 37.8 Å². The molecular formula is C15H19FN2O3S. The maximum Gasteiger partial charge on any atom is 0.251 e. The molecule has 5 nitrogen and oxygen atoms in total. The Morgan fingerprint density at radius 2 is 2.05 bits per heavy atom. The molecule has 0 heterocycles. The van der Waals surface area contributed by atoms with Crippen molar-refractivity contribution in [2.45, 2.75) is 36.6 Å². The van der Waals surface area contributed by atoms with Crippen LogP contribution in [-0.4, -0.2) is 26.9 Å². The van der Waals surface area contributed by atoms with Crippen LogP contribution in [0.4, 0.5) is 4.39 Å². The molecule has 22 heavy (non-hydrogen) atoms. The second-order valence-electron chi connectivity index (χ2n) is 5.24. The number of sulfonamides is 1. The molecule has 1 aromatic carbocycles. The number of benzene rings is 1. The summed E-state index contributed by atoms with van der Waals surface area (Å²) >= 11 is 0. The Bertz CT molecular complexity index is 667. The van der Waals surface area contributed by atoms with Gasteiger partial charge in [-0.15, -0.1) is 6.58 Å². The lowest BCUT2D eigenvalue weighted by Gasteiger charge is -2.13. The average Bonchev–Trinajstić information content (AvgIpc) is 2.98. The first-order chi connectivity index (χ1) is 10.4. The Morgan fingerprint density at radius 3 is 2.68 bits per heavy atom. The average molecular weight is 326 g/mol. The van der Waals surface area contributed by atoms with Gasteiger partial charge in [-0.1, -0.05) is 18.9 Å². The summed E-state index contributed by atoms with van der Waals surface area (Å²) in [6.07, 6.45) is 5.32. The largest absolute Gasteiger partial charge is 0.349 e. The first-order valence-corrected chi connectivity index (χ1v) is 8.63. The highest BCUT2D eigenvalue weighted by Crippen LogP contribution is 2.20. The predicted octanol–water partition coefficient (Wildman–Crippen LogP) is 1.96. The van der Waals surface area contributed by atoms with Gasteiger partial charge in [-0.2, -0.15) is 0 Å². The minimum absolute atomic E-state index is 0.0136. The molecular weight excluding hydrogens is 307 g/mol. The standard InChI is InChI=1S/C15H19FN2O3S/c1-2-9-17-22(20,21)14-10-11(7-8-13(14)16)15(19)18-12-5-3-4-6-12/h2,7-8,10,12,17H,1,3-6,9H2,(H,18,19). The van der Waals surface area contributed by atoms with Crippen molar-refractivity contribution < 1.29 is 17.6 Å². The molecule has 0 radical (unpaired) electrons. The van der Waals surface area contributed by atoms with E-state index in [0.29, 0.717) is 0 Å². The van der Waals surface area contributed by atoms with Crippen LogP contribution in [0.3, 0.4) is 0 Å². The van der Waals surface area contributed by atoms with Crippen LogP contribution in [0.25, 0.3) is 0 Å². The number of carbonyl (C=O) groups excluding carboxylic acids is 1. The molecule has 120 valence electrons. The second kappa shape index (κ2) is 7.02. The van der Waals surface area contributed by atoms with E-state index in [-0.39, 0.29) is 24.1 Å². The molecule has 0 saturated heterocycles. The number of hydrogen-bond donors (Lipinski definition) is 2. The maximum atomic E-state index is 13.8. The van der Waals surface area contributed by atoms with E-state index in [4.69, 9.17) is 0 Å². The van der Waals surface area contributed by atoms with Crippen molar-refractivity contribution in [2.24, 2.45) is 0 Å². The van der Waals surface area contributed by atoms with Crippen LogP contribution in [0.5, 0.6) is 0 Å². The highest BCUT2D eigenvalue weighted by Gasteiger charge is 2.22. The highest BCUT2D eigenvalue weighted by molar-refractivity contribution is 7.89. The summed E-state index contributed by atoms with van der Waals surface area (Å²) in [7, 11) is -4.01. The van der Waals surface area contributed by atoms with E-state index in [1.54, 1.807) is 0 Å². The third kappa shape index (κ3) is 3.92. The van der Waals surface area contributed by atoms with Crippen LogP contribution in [0.1, 0.15) is 36.0 Å². The minimum atomic E-state index is -4.01. The Balaban J connectivity index is 2.22. The first kappa shape index (κ1) is 16.6. The van der Waals surface area contributed by atoms with Gasteiger partial charge in [0.15, 0.2) is 0 Å². The molecule has 0 bridgehead atoms. The number of carbonyl (C=O) groups is 1. The summed E-state index contributed by atoms with van der Waals surface area (Å²) in [4.78, 5) is 11.6. The lowest BCUT2D eigenvalue weighted by atomic mass is 10.2. The molecule has 0 aliphatic heterocycles. The first-order valence-electron chi connectivity index (χ1n) is 7.15. The minimum Gasteiger partial charge on any atom is -0.349 e. The van der Waals surface area contributed by atoms with Crippen molar-refractivity contribution in [1.82, 2.24) is 10.0 Å². The zero-order valence-corrected chi connectivity index (χ0v) is 13.0. The Labute approximate surface area is 129 Å². The molecule has 2 rings (SSSR count). The quantitative estimate of drug-likeness (QED) is 0.785.